The van der Waals surface area contributed by atoms with Crippen molar-refractivity contribution in [2.75, 3.05) is 20.3 Å². The molecule has 0 aromatic carbocycles. The Kier molecular flexibility index (Phi) is 19.7. The molecular formula is C41H67NO7. The zero-order valence-electron chi connectivity index (χ0n) is 30.8. The van der Waals surface area contributed by atoms with Crippen molar-refractivity contribution in [3.8, 4) is 0 Å². The third kappa shape index (κ3) is 14.6. The molecule has 49 heavy (non-hydrogen) atoms. The van der Waals surface area contributed by atoms with E-state index in [2.05, 4.69) is 37.6 Å². The van der Waals surface area contributed by atoms with Gasteiger partial charge in [-0.15, -0.1) is 0 Å². The van der Waals surface area contributed by atoms with E-state index in [0.29, 0.717) is 75.3 Å². The molecule has 1 aliphatic carbocycles. The Balaban J connectivity index is 1.99. The second-order valence-electron chi connectivity index (χ2n) is 15.2. The van der Waals surface area contributed by atoms with Crippen molar-refractivity contribution in [2.24, 2.45) is 29.6 Å². The summed E-state index contributed by atoms with van der Waals surface area (Å²) in [5.74, 6) is -0.0608. The number of esters is 1. The number of hydrogen-bond donors (Lipinski definition) is 2. The van der Waals surface area contributed by atoms with Crippen molar-refractivity contribution in [3.05, 3.63) is 36.5 Å². The van der Waals surface area contributed by atoms with Gasteiger partial charge >= 0.3 is 5.97 Å². The zero-order valence-corrected chi connectivity index (χ0v) is 30.8. The third-order valence-electron chi connectivity index (χ3n) is 11.2. The third-order valence-corrected chi connectivity index (χ3v) is 11.2. The van der Waals surface area contributed by atoms with Crippen molar-refractivity contribution in [1.82, 2.24) is 5.48 Å². The highest BCUT2D eigenvalue weighted by atomic mass is 16.7. The van der Waals surface area contributed by atoms with E-state index in [-0.39, 0.29) is 24.4 Å². The van der Waals surface area contributed by atoms with Gasteiger partial charge in [-0.3, -0.25) is 14.4 Å². The minimum atomic E-state index is -1.18. The first-order chi connectivity index (χ1) is 23.8. The number of carbonyl (C=O) groups is 3. The summed E-state index contributed by atoms with van der Waals surface area (Å²) in [5.41, 5.74) is 1.89. The van der Waals surface area contributed by atoms with E-state index in [1.54, 1.807) is 7.11 Å². The fourth-order valence-electron chi connectivity index (χ4n) is 7.96. The first-order valence-electron chi connectivity index (χ1n) is 19.5. The summed E-state index contributed by atoms with van der Waals surface area (Å²) in [7, 11) is 1.80. The fourth-order valence-corrected chi connectivity index (χ4v) is 7.96. The van der Waals surface area contributed by atoms with Crippen molar-refractivity contribution in [2.45, 2.75) is 154 Å². The summed E-state index contributed by atoms with van der Waals surface area (Å²) < 4.78 is 12.3. The van der Waals surface area contributed by atoms with Crippen LogP contribution in [-0.4, -0.2) is 61.2 Å². The van der Waals surface area contributed by atoms with Gasteiger partial charge in [0.25, 0.3) is 0 Å². The largest absolute Gasteiger partial charge is 0.462 e. The monoisotopic (exact) mass is 685 g/mol. The lowest BCUT2D eigenvalue weighted by Gasteiger charge is -2.36. The predicted molar refractivity (Wildman–Crippen MR) is 195 cm³/mol. The number of cyclic esters (lactones) is 1. The maximum absolute atomic E-state index is 14.6. The second kappa shape index (κ2) is 23.4. The van der Waals surface area contributed by atoms with Gasteiger partial charge in [0.15, 0.2) is 5.78 Å². The molecule has 0 spiro atoms. The van der Waals surface area contributed by atoms with E-state index >= 15 is 0 Å². The zero-order chi connectivity index (χ0) is 35.3. The van der Waals surface area contributed by atoms with Crippen molar-refractivity contribution < 1.29 is 33.8 Å². The number of ketones is 1. The van der Waals surface area contributed by atoms with Crippen LogP contribution in [0.2, 0.25) is 0 Å². The molecule has 2 bridgehead atoms. The maximum atomic E-state index is 14.6. The summed E-state index contributed by atoms with van der Waals surface area (Å²) >= 11 is 0. The van der Waals surface area contributed by atoms with Gasteiger partial charge in [-0.25, -0.2) is 5.48 Å². The van der Waals surface area contributed by atoms with Crippen molar-refractivity contribution in [1.29, 1.82) is 0 Å². The number of Topliss-reactive ketones (excluding diaryl/α,β-unsaturated/α-hetero) is 1. The highest BCUT2D eigenvalue weighted by molar-refractivity contribution is 6.03. The number of aldehydes is 1. The first kappa shape index (κ1) is 41.3. The molecule has 6 atom stereocenters. The fraction of sp³-hybridized carbons (Fsp3) is 0.780. The molecule has 0 radical (unpaired) electrons. The number of allylic oxidation sites excluding steroid dienone is 6. The van der Waals surface area contributed by atoms with Crippen LogP contribution in [0, 0.1) is 29.6 Å². The van der Waals surface area contributed by atoms with E-state index < -0.39 is 17.5 Å². The summed E-state index contributed by atoms with van der Waals surface area (Å²) in [6.45, 7) is 5.08. The maximum Gasteiger partial charge on any atom is 0.316 e. The van der Waals surface area contributed by atoms with Crippen LogP contribution in [0.5, 0.6) is 0 Å². The summed E-state index contributed by atoms with van der Waals surface area (Å²) in [6, 6.07) is 0. The van der Waals surface area contributed by atoms with Gasteiger partial charge in [0.1, 0.15) is 23.9 Å². The Morgan fingerprint density at radius 3 is 2.57 bits per heavy atom. The Morgan fingerprint density at radius 2 is 1.82 bits per heavy atom. The number of hydrogen-bond acceptors (Lipinski definition) is 8. The van der Waals surface area contributed by atoms with Crippen LogP contribution in [0.15, 0.2) is 36.5 Å². The Labute approximate surface area is 296 Å². The number of rotatable bonds is 13. The molecule has 0 aromatic rings. The lowest BCUT2D eigenvalue weighted by atomic mass is 9.76. The minimum absolute atomic E-state index is 0.0431. The second-order valence-corrected chi connectivity index (χ2v) is 15.2. The molecule has 2 aliphatic heterocycles. The number of methoxy groups -OCH3 is 1. The lowest BCUT2D eigenvalue weighted by Crippen LogP contribution is -2.50. The summed E-state index contributed by atoms with van der Waals surface area (Å²) in [5, 5.41) is 9.56. The van der Waals surface area contributed by atoms with Crippen molar-refractivity contribution in [3.63, 3.8) is 0 Å². The Bertz CT molecular complexity index is 1050. The van der Waals surface area contributed by atoms with E-state index in [4.69, 9.17) is 14.3 Å². The molecule has 2 unspecified atom stereocenters. The summed E-state index contributed by atoms with van der Waals surface area (Å²) in [4.78, 5) is 46.5. The van der Waals surface area contributed by atoms with Crippen LogP contribution in [-0.2, 0) is 28.7 Å². The number of hydroxylamine groups is 1. The van der Waals surface area contributed by atoms with E-state index in [1.165, 1.54) is 0 Å². The van der Waals surface area contributed by atoms with Gasteiger partial charge in [0, 0.05) is 26.7 Å². The molecule has 1 saturated heterocycles. The van der Waals surface area contributed by atoms with Crippen molar-refractivity contribution >= 4 is 18.0 Å². The number of ether oxygens (including phenoxy) is 2. The van der Waals surface area contributed by atoms with E-state index in [9.17, 15) is 19.5 Å². The SMILES string of the molecule is COC1CCC(C[C@H]2CC[C@H](C)/C=C/C=C/C=C/CC[C@@]3(CCCCO)ONCCCCC(C(=O)OC2CC[C@H](C)CCC=O)C3=O)CC1. The van der Waals surface area contributed by atoms with Gasteiger partial charge in [0.05, 0.1) is 6.10 Å². The smallest absolute Gasteiger partial charge is 0.316 e. The topological polar surface area (TPSA) is 111 Å². The average molecular weight is 686 g/mol. The minimum Gasteiger partial charge on any atom is -0.462 e. The predicted octanol–water partition coefficient (Wildman–Crippen LogP) is 8.18. The molecule has 3 rings (SSSR count). The van der Waals surface area contributed by atoms with Crippen LogP contribution in [0.3, 0.4) is 0 Å². The average Bonchev–Trinajstić information content (AvgIpc) is 3.18. The standard InChI is InChI=1S/C41H67NO7/c1-32-15-8-6-4-5-7-10-26-41(27-11-13-29-43)39(45)37(17-9-12-28-42-49-41)40(46)48-38(25-19-33(2)16-14-30-44)35(22-18-32)31-34-20-23-36(47-3)24-21-34/h4-8,15,30,32-38,42-43H,9-14,16-29,31H2,1-3H3/b6-4+,7-5+,15-8+/t32-,33-,34?,35-,36?,37?,38?,41+/m1/s1. The van der Waals surface area contributed by atoms with Crippen LogP contribution in [0.4, 0.5) is 0 Å². The number of aliphatic hydroxyl groups excluding tert-OH is 1. The van der Waals surface area contributed by atoms with Crippen LogP contribution < -0.4 is 5.48 Å². The molecule has 3 aliphatic rings. The number of unbranched alkanes of at least 4 members (excludes halogenated alkanes) is 1. The van der Waals surface area contributed by atoms with Gasteiger partial charge in [0.2, 0.25) is 0 Å². The van der Waals surface area contributed by atoms with Crippen LogP contribution in [0.1, 0.15) is 136 Å². The molecule has 2 fully saturated rings. The molecule has 2 heterocycles. The normalized spacial score (nSPS) is 33.8. The quantitative estimate of drug-likeness (QED) is 0.0865. The molecule has 0 aromatic heterocycles. The first-order valence-corrected chi connectivity index (χ1v) is 19.5. The molecule has 1 saturated carbocycles. The molecular weight excluding hydrogens is 618 g/mol. The lowest BCUT2D eigenvalue weighted by molar-refractivity contribution is -0.174. The summed E-state index contributed by atoms with van der Waals surface area (Å²) in [6.07, 6.45) is 28.4. The number of fused-ring (bicyclic) bond motifs is 2. The molecule has 8 heteroatoms. The Morgan fingerprint density at radius 1 is 1.02 bits per heavy atom. The van der Waals surface area contributed by atoms with E-state index in [1.807, 2.05) is 18.2 Å². The number of aliphatic hydroxyl groups is 1. The molecule has 0 amide bonds. The molecule has 8 nitrogen and oxygen atoms in total. The van der Waals surface area contributed by atoms with Gasteiger partial charge < -0.3 is 19.4 Å². The highest BCUT2D eigenvalue weighted by Gasteiger charge is 2.47. The van der Waals surface area contributed by atoms with E-state index in [0.717, 1.165) is 83.3 Å². The Hall–Kier alpha value is -2.13. The van der Waals surface area contributed by atoms with Gasteiger partial charge in [-0.1, -0.05) is 56.7 Å². The van der Waals surface area contributed by atoms with Crippen LogP contribution >= 0.6 is 0 Å². The van der Waals surface area contributed by atoms with Gasteiger partial charge in [-0.05, 0) is 133 Å². The number of carbonyl (C=O) groups excluding carboxylic acids is 3. The highest BCUT2D eigenvalue weighted by Crippen LogP contribution is 2.38. The van der Waals surface area contributed by atoms with Gasteiger partial charge in [-0.2, -0.15) is 0 Å². The molecule has 2 N–H and O–H groups in total. The number of nitrogens with one attached hydrogen (secondary N) is 1. The molecule has 278 valence electrons. The van der Waals surface area contributed by atoms with Crippen LogP contribution in [0.25, 0.3) is 0 Å².